The molecule has 2 rings (SSSR count). The van der Waals surface area contributed by atoms with E-state index < -0.39 is 42.1 Å². The molecular weight excluding hydrogens is 287 g/mol. The first-order valence-electron chi connectivity index (χ1n) is 5.58. The fourth-order valence-electron chi connectivity index (χ4n) is 2.22. The van der Waals surface area contributed by atoms with Crippen LogP contribution in [0.25, 0.3) is 0 Å². The van der Waals surface area contributed by atoms with Crippen LogP contribution < -0.4 is 0 Å². The van der Waals surface area contributed by atoms with Gasteiger partial charge >= 0.3 is 6.18 Å². The highest BCUT2D eigenvalue weighted by atomic mass is 32.2. The lowest BCUT2D eigenvalue weighted by Crippen LogP contribution is -2.61. The molecule has 2 aliphatic rings. The molecular formula is C10H14F3NO4S. The highest BCUT2D eigenvalue weighted by Gasteiger charge is 2.56. The molecule has 1 fully saturated rings. The number of halogens is 3. The molecule has 0 saturated carbocycles. The summed E-state index contributed by atoms with van der Waals surface area (Å²) in [7, 11) is 0.885. The Labute approximate surface area is 111 Å². The van der Waals surface area contributed by atoms with E-state index in [2.05, 4.69) is 9.73 Å². The Morgan fingerprint density at radius 2 is 2.00 bits per heavy atom. The smallest absolute Gasteiger partial charge is 0.388 e. The van der Waals surface area contributed by atoms with Crippen LogP contribution in [0, 0.1) is 0 Å². The average molecular weight is 301 g/mol. The largest absolute Gasteiger partial charge is 0.417 e. The Balaban J connectivity index is 2.20. The van der Waals surface area contributed by atoms with E-state index in [0.29, 0.717) is 5.04 Å². The Kier molecular flexibility index (Phi) is 4.12. The number of ether oxygens (including phenoxy) is 2. The van der Waals surface area contributed by atoms with Crippen molar-refractivity contribution in [2.75, 3.05) is 7.11 Å². The third kappa shape index (κ3) is 2.75. The maximum absolute atomic E-state index is 12.8. The van der Waals surface area contributed by atoms with E-state index in [1.54, 1.807) is 6.92 Å². The molecule has 9 heteroatoms. The molecule has 5 nitrogen and oxygen atoms in total. The molecule has 2 aliphatic heterocycles. The van der Waals surface area contributed by atoms with Gasteiger partial charge in [-0.05, 0) is 6.92 Å². The van der Waals surface area contributed by atoms with Crippen molar-refractivity contribution in [3.8, 4) is 0 Å². The molecule has 0 aromatic heterocycles. The maximum Gasteiger partial charge on any atom is 0.417 e. The Morgan fingerprint density at radius 1 is 1.37 bits per heavy atom. The molecule has 0 aromatic carbocycles. The minimum Gasteiger partial charge on any atom is -0.388 e. The van der Waals surface area contributed by atoms with Gasteiger partial charge in [0.2, 0.25) is 0 Å². The molecule has 0 aromatic rings. The van der Waals surface area contributed by atoms with Gasteiger partial charge in [-0.1, -0.05) is 11.8 Å². The quantitative estimate of drug-likeness (QED) is 0.779. The van der Waals surface area contributed by atoms with Crippen LogP contribution in [0.3, 0.4) is 0 Å². The summed E-state index contributed by atoms with van der Waals surface area (Å²) in [6, 6.07) is -0.748. The van der Waals surface area contributed by atoms with Crippen molar-refractivity contribution in [1.82, 2.24) is 0 Å². The van der Waals surface area contributed by atoms with Crippen molar-refractivity contribution < 1.29 is 32.9 Å². The number of nitrogens with zero attached hydrogens (tertiary/aromatic N) is 1. The van der Waals surface area contributed by atoms with Gasteiger partial charge in [-0.25, -0.2) is 0 Å². The number of fused-ring (bicyclic) bond motifs is 1. The van der Waals surface area contributed by atoms with Gasteiger partial charge in [-0.3, -0.25) is 4.99 Å². The summed E-state index contributed by atoms with van der Waals surface area (Å²) in [5, 5.41) is 20.3. The first-order chi connectivity index (χ1) is 8.75. The number of alkyl halides is 3. The predicted molar refractivity (Wildman–Crippen MR) is 62.0 cm³/mol. The van der Waals surface area contributed by atoms with Crippen LogP contribution in [0.1, 0.15) is 6.92 Å². The van der Waals surface area contributed by atoms with Gasteiger partial charge in [0.25, 0.3) is 0 Å². The van der Waals surface area contributed by atoms with Crippen LogP contribution in [0.4, 0.5) is 13.2 Å². The lowest BCUT2D eigenvalue weighted by molar-refractivity contribution is -0.278. The van der Waals surface area contributed by atoms with Gasteiger partial charge < -0.3 is 19.7 Å². The fraction of sp³-hybridized carbons (Fsp3) is 0.900. The zero-order valence-electron chi connectivity index (χ0n) is 10.2. The van der Waals surface area contributed by atoms with Crippen LogP contribution in [-0.4, -0.2) is 64.4 Å². The summed E-state index contributed by atoms with van der Waals surface area (Å²) < 4.78 is 48.0. The first-order valence-corrected chi connectivity index (χ1v) is 6.46. The number of rotatable bonds is 2. The van der Waals surface area contributed by atoms with Crippen molar-refractivity contribution in [2.45, 2.75) is 49.0 Å². The second-order valence-corrected chi connectivity index (χ2v) is 5.70. The Morgan fingerprint density at radius 3 is 2.53 bits per heavy atom. The van der Waals surface area contributed by atoms with Gasteiger partial charge in [0.05, 0.1) is 5.04 Å². The molecule has 0 bridgehead atoms. The summed E-state index contributed by atoms with van der Waals surface area (Å²) in [5.74, 6) is 0. The summed E-state index contributed by atoms with van der Waals surface area (Å²) in [6.07, 6.45) is -11.8. The van der Waals surface area contributed by atoms with Gasteiger partial charge in [-0.15, -0.1) is 0 Å². The van der Waals surface area contributed by atoms with Crippen molar-refractivity contribution in [3.05, 3.63) is 0 Å². The number of aliphatic hydroxyl groups is 2. The monoisotopic (exact) mass is 301 g/mol. The zero-order chi connectivity index (χ0) is 14.4. The standard InChI is InChI=1S/C10H14F3NO4S/c1-3-14-4-5(15)6(16)7(18-9(4)19-3)8(17-2)10(11,12)13/h4-9,15-16H,1-2H3/t4-,5-,6+,7+,8-,9-/m1/s1. The summed E-state index contributed by atoms with van der Waals surface area (Å²) in [5.41, 5.74) is -0.733. The van der Waals surface area contributed by atoms with E-state index in [1.807, 2.05) is 0 Å². The van der Waals surface area contributed by atoms with E-state index in [1.165, 1.54) is 0 Å². The van der Waals surface area contributed by atoms with Crippen LogP contribution in [0.5, 0.6) is 0 Å². The van der Waals surface area contributed by atoms with Crippen molar-refractivity contribution in [3.63, 3.8) is 0 Å². The molecule has 0 spiro atoms. The summed E-state index contributed by atoms with van der Waals surface area (Å²) >= 11 is 1.13. The van der Waals surface area contributed by atoms with Crippen LogP contribution in [-0.2, 0) is 9.47 Å². The van der Waals surface area contributed by atoms with E-state index in [-0.39, 0.29) is 0 Å². The highest BCUT2D eigenvalue weighted by molar-refractivity contribution is 8.14. The summed E-state index contributed by atoms with van der Waals surface area (Å²) in [4.78, 5) is 4.05. The van der Waals surface area contributed by atoms with Gasteiger partial charge in [-0.2, -0.15) is 13.2 Å². The first kappa shape index (κ1) is 15.0. The molecule has 0 aliphatic carbocycles. The van der Waals surface area contributed by atoms with E-state index in [0.717, 1.165) is 18.9 Å². The Bertz CT molecular complexity index is 378. The minimum absolute atomic E-state index is 0.600. The fourth-order valence-corrected chi connectivity index (χ4v) is 3.28. The number of aliphatic hydroxyl groups excluding tert-OH is 2. The van der Waals surface area contributed by atoms with E-state index in [9.17, 15) is 23.4 Å². The molecule has 2 N–H and O–H groups in total. The second kappa shape index (κ2) is 5.21. The topological polar surface area (TPSA) is 71.3 Å². The minimum atomic E-state index is -4.69. The third-order valence-corrected chi connectivity index (χ3v) is 4.17. The van der Waals surface area contributed by atoms with Gasteiger partial charge in [0, 0.05) is 7.11 Å². The molecule has 6 atom stereocenters. The van der Waals surface area contributed by atoms with Gasteiger partial charge in [0.15, 0.2) is 6.10 Å². The van der Waals surface area contributed by atoms with E-state index in [4.69, 9.17) is 4.74 Å². The molecule has 0 unspecified atom stereocenters. The van der Waals surface area contributed by atoms with Crippen molar-refractivity contribution >= 4 is 16.8 Å². The predicted octanol–water partition coefficient (Wildman–Crippen LogP) is 0.544. The lowest BCUT2D eigenvalue weighted by atomic mass is 9.94. The van der Waals surface area contributed by atoms with Crippen LogP contribution in [0.15, 0.2) is 4.99 Å². The second-order valence-electron chi connectivity index (χ2n) is 4.40. The molecule has 19 heavy (non-hydrogen) atoms. The molecule has 0 radical (unpaired) electrons. The number of hydrogen-bond donors (Lipinski definition) is 2. The number of aliphatic imine (C=N–C) groups is 1. The molecule has 0 amide bonds. The average Bonchev–Trinajstić information content (AvgIpc) is 2.65. The van der Waals surface area contributed by atoms with Crippen LogP contribution >= 0.6 is 11.8 Å². The molecule has 110 valence electrons. The van der Waals surface area contributed by atoms with E-state index >= 15 is 0 Å². The van der Waals surface area contributed by atoms with Crippen LogP contribution in [0.2, 0.25) is 0 Å². The van der Waals surface area contributed by atoms with Crippen molar-refractivity contribution in [1.29, 1.82) is 0 Å². The number of thioether (sulfide) groups is 1. The zero-order valence-corrected chi connectivity index (χ0v) is 11.0. The number of methoxy groups -OCH3 is 1. The SMILES string of the molecule is CO[C@H]([C@H]1O[C@@H]2SC(C)=N[C@@H]2[C@@H](O)[C@@H]1O)C(F)(F)F. The lowest BCUT2D eigenvalue weighted by Gasteiger charge is -2.41. The molecule has 1 saturated heterocycles. The van der Waals surface area contributed by atoms with Crippen molar-refractivity contribution in [2.24, 2.45) is 4.99 Å². The Hall–Kier alpha value is -0.350. The number of hydrogen-bond acceptors (Lipinski definition) is 6. The summed E-state index contributed by atoms with van der Waals surface area (Å²) in [6.45, 7) is 1.66. The third-order valence-electron chi connectivity index (χ3n) is 3.10. The van der Waals surface area contributed by atoms with Gasteiger partial charge in [0.1, 0.15) is 29.8 Å². The normalized spacial score (nSPS) is 40.8. The molecule has 2 heterocycles. The highest BCUT2D eigenvalue weighted by Crippen LogP contribution is 2.40. The maximum atomic E-state index is 12.8.